The minimum atomic E-state index is -1.34. The lowest BCUT2D eigenvalue weighted by atomic mass is 10.1. The molecule has 0 saturated carbocycles. The smallest absolute Gasteiger partial charge is 0.343 e. The Kier molecular flexibility index (Phi) is 5.61. The van der Waals surface area contributed by atoms with Crippen LogP contribution >= 0.6 is 0 Å². The number of aromatic hydroxyl groups is 4. The molecule has 0 radical (unpaired) electrons. The second-order valence-electron chi connectivity index (χ2n) is 4.95. The van der Waals surface area contributed by atoms with E-state index in [0.717, 1.165) is 6.07 Å². The molecule has 0 unspecified atom stereocenters. The number of hydrogen-bond acceptors (Lipinski definition) is 6. The van der Waals surface area contributed by atoms with Gasteiger partial charge in [0.2, 0.25) is 0 Å². The normalized spacial score (nSPS) is 9.75. The second kappa shape index (κ2) is 7.23. The molecular weight excluding hydrogens is 320 g/mol. The summed E-state index contributed by atoms with van der Waals surface area (Å²) < 4.78 is 0. The first-order valence-electron chi connectivity index (χ1n) is 6.56. The van der Waals surface area contributed by atoms with Crippen LogP contribution in [-0.2, 0) is 0 Å². The van der Waals surface area contributed by atoms with Gasteiger partial charge in [0.15, 0.2) is 0 Å². The molecule has 2 rings (SSSR count). The first kappa shape index (κ1) is 18.6. The maximum atomic E-state index is 10.5. The van der Waals surface area contributed by atoms with Gasteiger partial charge < -0.3 is 30.6 Å². The summed E-state index contributed by atoms with van der Waals surface area (Å²) in [6.45, 7) is 3.15. The Balaban J connectivity index is 0.000000240. The van der Waals surface area contributed by atoms with Gasteiger partial charge in [-0.2, -0.15) is 0 Å². The minimum absolute atomic E-state index is 0.144. The maximum Gasteiger partial charge on any atom is 0.343 e. The summed E-state index contributed by atoms with van der Waals surface area (Å²) in [4.78, 5) is 20.9. The highest BCUT2D eigenvalue weighted by Gasteiger charge is 2.15. The van der Waals surface area contributed by atoms with Gasteiger partial charge in [0.25, 0.3) is 0 Å². The molecule has 0 saturated heterocycles. The quantitative estimate of drug-likeness (QED) is 0.487. The number of carboxylic acids is 2. The molecule has 0 aliphatic rings. The molecule has 0 amide bonds. The number of hydrogen-bond donors (Lipinski definition) is 6. The number of aryl methyl sites for hydroxylation is 2. The average Bonchev–Trinajstić information content (AvgIpc) is 2.35. The highest BCUT2D eigenvalue weighted by atomic mass is 16.4. The van der Waals surface area contributed by atoms with Crippen molar-refractivity contribution in [3.05, 3.63) is 46.5 Å². The molecule has 0 heterocycles. The van der Waals surface area contributed by atoms with E-state index in [9.17, 15) is 9.59 Å². The van der Waals surface area contributed by atoms with Crippen molar-refractivity contribution in [3.8, 4) is 23.0 Å². The van der Waals surface area contributed by atoms with Gasteiger partial charge in [0.05, 0.1) is 0 Å². The van der Waals surface area contributed by atoms with Crippen LogP contribution < -0.4 is 0 Å². The van der Waals surface area contributed by atoms with Gasteiger partial charge in [0, 0.05) is 6.07 Å². The van der Waals surface area contributed by atoms with Crippen molar-refractivity contribution >= 4 is 11.9 Å². The van der Waals surface area contributed by atoms with E-state index in [2.05, 4.69) is 0 Å². The summed E-state index contributed by atoms with van der Waals surface area (Å²) in [6, 6.07) is 4.84. The number of carbonyl (C=O) groups is 2. The van der Waals surface area contributed by atoms with Crippen LogP contribution in [0.1, 0.15) is 31.8 Å². The fourth-order valence-electron chi connectivity index (χ4n) is 2.00. The lowest BCUT2D eigenvalue weighted by Gasteiger charge is -2.03. The van der Waals surface area contributed by atoms with Crippen LogP contribution in [0.5, 0.6) is 23.0 Å². The zero-order valence-corrected chi connectivity index (χ0v) is 12.8. The van der Waals surface area contributed by atoms with Crippen molar-refractivity contribution in [3.63, 3.8) is 0 Å². The highest BCUT2D eigenvalue weighted by Crippen LogP contribution is 2.28. The summed E-state index contributed by atoms with van der Waals surface area (Å²) in [6.07, 6.45) is 0. The van der Waals surface area contributed by atoms with Crippen molar-refractivity contribution in [2.45, 2.75) is 13.8 Å². The van der Waals surface area contributed by atoms with Gasteiger partial charge in [-0.3, -0.25) is 0 Å². The number of carboxylic acid groups (broad SMARTS) is 2. The Labute approximate surface area is 136 Å². The van der Waals surface area contributed by atoms with Crippen molar-refractivity contribution in [2.75, 3.05) is 0 Å². The molecule has 8 heteroatoms. The second-order valence-corrected chi connectivity index (χ2v) is 4.95. The molecule has 0 atom stereocenters. The first-order chi connectivity index (χ1) is 11.0. The van der Waals surface area contributed by atoms with E-state index in [4.69, 9.17) is 30.6 Å². The van der Waals surface area contributed by atoms with Gasteiger partial charge >= 0.3 is 11.9 Å². The zero-order valence-electron chi connectivity index (χ0n) is 12.8. The Morgan fingerprint density at radius 2 is 1.12 bits per heavy atom. The zero-order chi connectivity index (χ0) is 18.6. The number of rotatable bonds is 2. The third-order valence-corrected chi connectivity index (χ3v) is 2.97. The molecule has 0 aliphatic carbocycles. The van der Waals surface area contributed by atoms with Gasteiger partial charge in [0.1, 0.15) is 34.1 Å². The van der Waals surface area contributed by atoms with Crippen LogP contribution in [0, 0.1) is 13.8 Å². The van der Waals surface area contributed by atoms with Crippen LogP contribution in [0.2, 0.25) is 0 Å². The van der Waals surface area contributed by atoms with Gasteiger partial charge in [-0.05, 0) is 43.2 Å². The van der Waals surface area contributed by atoms with Crippen LogP contribution in [0.15, 0.2) is 24.3 Å². The first-order valence-corrected chi connectivity index (χ1v) is 6.56. The summed E-state index contributed by atoms with van der Waals surface area (Å²) in [7, 11) is 0. The highest BCUT2D eigenvalue weighted by molar-refractivity contribution is 5.94. The Bertz CT molecular complexity index is 681. The molecule has 0 fully saturated rings. The SMILES string of the molecule is Cc1cc(O)c(C(=O)O)c(O)c1.Cc1cc(O)cc(O)c1C(=O)O. The summed E-state index contributed by atoms with van der Waals surface area (Å²) in [5.74, 6) is -3.94. The van der Waals surface area contributed by atoms with Crippen LogP contribution in [-0.4, -0.2) is 42.6 Å². The van der Waals surface area contributed by atoms with E-state index in [1.54, 1.807) is 6.92 Å². The molecule has 24 heavy (non-hydrogen) atoms. The Morgan fingerprint density at radius 3 is 1.50 bits per heavy atom. The van der Waals surface area contributed by atoms with E-state index >= 15 is 0 Å². The molecule has 6 N–H and O–H groups in total. The molecule has 0 aromatic heterocycles. The lowest BCUT2D eigenvalue weighted by Crippen LogP contribution is -1.99. The molecule has 2 aromatic carbocycles. The molecule has 128 valence electrons. The lowest BCUT2D eigenvalue weighted by molar-refractivity contribution is 0.0679. The number of phenols is 4. The average molecular weight is 336 g/mol. The Morgan fingerprint density at radius 1 is 0.708 bits per heavy atom. The molecule has 2 aromatic rings. The van der Waals surface area contributed by atoms with Gasteiger partial charge in [-0.25, -0.2) is 9.59 Å². The largest absolute Gasteiger partial charge is 0.508 e. The predicted molar refractivity (Wildman–Crippen MR) is 82.9 cm³/mol. The van der Waals surface area contributed by atoms with Gasteiger partial charge in [-0.1, -0.05) is 0 Å². The monoisotopic (exact) mass is 336 g/mol. The fraction of sp³-hybridized carbons (Fsp3) is 0.125. The van der Waals surface area contributed by atoms with E-state index in [0.29, 0.717) is 11.1 Å². The van der Waals surface area contributed by atoms with E-state index in [1.807, 2.05) is 0 Å². The standard InChI is InChI=1S/2C8H8O4/c1-4-2-5(9)3-6(10)7(4)8(11)12;1-4-2-5(9)7(8(11)12)6(10)3-4/h2*2-3,9-10H,1H3,(H,11,12). The Hall–Kier alpha value is -3.42. The number of phenolic OH excluding ortho intramolecular Hbond substituents is 1. The van der Waals surface area contributed by atoms with E-state index < -0.39 is 34.8 Å². The third kappa shape index (κ3) is 4.29. The minimum Gasteiger partial charge on any atom is -0.508 e. The van der Waals surface area contributed by atoms with Crippen molar-refractivity contribution < 1.29 is 40.2 Å². The third-order valence-electron chi connectivity index (χ3n) is 2.97. The van der Waals surface area contributed by atoms with Crippen molar-refractivity contribution in [2.24, 2.45) is 0 Å². The van der Waals surface area contributed by atoms with Gasteiger partial charge in [-0.15, -0.1) is 0 Å². The summed E-state index contributed by atoms with van der Waals surface area (Å²) in [5.41, 5.74) is 0.309. The molecule has 0 spiro atoms. The van der Waals surface area contributed by atoms with Crippen molar-refractivity contribution in [1.29, 1.82) is 0 Å². The van der Waals surface area contributed by atoms with E-state index in [1.165, 1.54) is 25.1 Å². The maximum absolute atomic E-state index is 10.5. The summed E-state index contributed by atoms with van der Waals surface area (Å²) in [5, 5.41) is 53.4. The molecule has 8 nitrogen and oxygen atoms in total. The fourth-order valence-corrected chi connectivity index (χ4v) is 2.00. The van der Waals surface area contributed by atoms with Crippen LogP contribution in [0.4, 0.5) is 0 Å². The van der Waals surface area contributed by atoms with E-state index in [-0.39, 0.29) is 11.3 Å². The molecule has 0 aliphatic heterocycles. The molecular formula is C16H16O8. The summed E-state index contributed by atoms with van der Waals surface area (Å²) >= 11 is 0. The van der Waals surface area contributed by atoms with Crippen LogP contribution in [0.25, 0.3) is 0 Å². The van der Waals surface area contributed by atoms with Crippen LogP contribution in [0.3, 0.4) is 0 Å². The molecule has 0 bridgehead atoms. The predicted octanol–water partition coefficient (Wildman–Crippen LogP) is 2.21. The number of benzene rings is 2. The number of aromatic carboxylic acids is 2. The van der Waals surface area contributed by atoms with Crippen molar-refractivity contribution in [1.82, 2.24) is 0 Å². The topological polar surface area (TPSA) is 156 Å².